The molecule has 2 heterocycles. The number of aryl methyl sites for hydroxylation is 1. The lowest BCUT2D eigenvalue weighted by molar-refractivity contribution is -0.129. The van der Waals surface area contributed by atoms with Crippen LogP contribution in [0.4, 0.5) is 14.5 Å². The molecule has 1 amide bonds. The van der Waals surface area contributed by atoms with Gasteiger partial charge in [0.25, 0.3) is 0 Å². The molecule has 1 unspecified atom stereocenters. The number of benzene rings is 1. The summed E-state index contributed by atoms with van der Waals surface area (Å²) >= 11 is 0. The molecular formula is C18H21F2N3O2. The normalized spacial score (nSPS) is 17.3. The summed E-state index contributed by atoms with van der Waals surface area (Å²) in [4.78, 5) is 18.1. The Morgan fingerprint density at radius 1 is 1.44 bits per heavy atom. The second-order valence-electron chi connectivity index (χ2n) is 6.19. The number of pyridine rings is 1. The van der Waals surface area contributed by atoms with Gasteiger partial charge in [-0.3, -0.25) is 9.78 Å². The first-order valence-corrected chi connectivity index (χ1v) is 8.36. The zero-order chi connectivity index (χ0) is 18.0. The first-order chi connectivity index (χ1) is 12.0. The van der Waals surface area contributed by atoms with Crippen LogP contribution < -0.4 is 10.1 Å². The third kappa shape index (κ3) is 3.97. The maximum atomic E-state index is 12.5. The predicted molar refractivity (Wildman–Crippen MR) is 92.0 cm³/mol. The van der Waals surface area contributed by atoms with Gasteiger partial charge in [-0.25, -0.2) is 0 Å². The summed E-state index contributed by atoms with van der Waals surface area (Å²) in [6, 6.07) is 6.74. The number of amides is 1. The number of nitrogens with zero attached hydrogens (tertiary/aromatic N) is 2. The van der Waals surface area contributed by atoms with E-state index in [-0.39, 0.29) is 17.7 Å². The standard InChI is InChI=1S/C18H21F2N3O2/c1-3-17(24)23-7-6-12(10-23)22-16-8-11(2)21-15-5-4-13(9-14(15)16)25-18(19)20/h4-5,8-9,12,18H,3,6-7,10H2,1-2H3,(H,21,22). The molecular weight excluding hydrogens is 328 g/mol. The van der Waals surface area contributed by atoms with E-state index in [4.69, 9.17) is 0 Å². The maximum Gasteiger partial charge on any atom is 0.387 e. The molecule has 1 aromatic carbocycles. The number of anilines is 1. The lowest BCUT2D eigenvalue weighted by Crippen LogP contribution is -2.31. The number of alkyl halides is 2. The average Bonchev–Trinajstić information content (AvgIpc) is 3.02. The number of hydrogen-bond acceptors (Lipinski definition) is 4. The lowest BCUT2D eigenvalue weighted by Gasteiger charge is -2.18. The van der Waals surface area contributed by atoms with Crippen molar-refractivity contribution in [2.45, 2.75) is 39.3 Å². The number of halogens is 2. The van der Waals surface area contributed by atoms with Crippen LogP contribution in [0.5, 0.6) is 5.75 Å². The van der Waals surface area contributed by atoms with E-state index in [0.29, 0.717) is 18.5 Å². The van der Waals surface area contributed by atoms with Crippen LogP contribution in [0.2, 0.25) is 0 Å². The third-order valence-electron chi connectivity index (χ3n) is 4.34. The Balaban J connectivity index is 1.86. The number of fused-ring (bicyclic) bond motifs is 1. The summed E-state index contributed by atoms with van der Waals surface area (Å²) in [7, 11) is 0. The van der Waals surface area contributed by atoms with Gasteiger partial charge in [-0.1, -0.05) is 6.92 Å². The molecule has 2 aromatic rings. The van der Waals surface area contributed by atoms with E-state index < -0.39 is 6.61 Å². The summed E-state index contributed by atoms with van der Waals surface area (Å²) in [5, 5.41) is 4.16. The van der Waals surface area contributed by atoms with Gasteiger partial charge in [0.1, 0.15) is 5.75 Å². The molecule has 3 rings (SSSR count). The van der Waals surface area contributed by atoms with Crippen molar-refractivity contribution < 1.29 is 18.3 Å². The highest BCUT2D eigenvalue weighted by molar-refractivity contribution is 5.92. The Hall–Kier alpha value is -2.44. The smallest absolute Gasteiger partial charge is 0.387 e. The van der Waals surface area contributed by atoms with E-state index in [2.05, 4.69) is 15.0 Å². The van der Waals surface area contributed by atoms with Crippen LogP contribution in [-0.4, -0.2) is 41.5 Å². The molecule has 0 spiro atoms. The molecule has 5 nitrogen and oxygen atoms in total. The van der Waals surface area contributed by atoms with Gasteiger partial charge in [-0.05, 0) is 37.6 Å². The number of aromatic nitrogens is 1. The van der Waals surface area contributed by atoms with Crippen molar-refractivity contribution in [3.8, 4) is 5.75 Å². The van der Waals surface area contributed by atoms with Gasteiger partial charge >= 0.3 is 6.61 Å². The van der Waals surface area contributed by atoms with Crippen LogP contribution in [0.3, 0.4) is 0 Å². The van der Waals surface area contributed by atoms with Gasteiger partial charge in [0.05, 0.1) is 5.52 Å². The fourth-order valence-corrected chi connectivity index (χ4v) is 3.18. The number of nitrogens with one attached hydrogen (secondary N) is 1. The van der Waals surface area contributed by atoms with E-state index in [1.165, 1.54) is 6.07 Å². The number of likely N-dealkylation sites (tertiary alicyclic amines) is 1. The molecule has 0 radical (unpaired) electrons. The van der Waals surface area contributed by atoms with Crippen LogP contribution in [0.25, 0.3) is 10.9 Å². The van der Waals surface area contributed by atoms with Gasteiger partial charge in [-0.2, -0.15) is 8.78 Å². The lowest BCUT2D eigenvalue weighted by atomic mass is 10.1. The molecule has 1 aromatic heterocycles. The number of carbonyl (C=O) groups is 1. The van der Waals surface area contributed by atoms with Crippen molar-refractivity contribution in [1.29, 1.82) is 0 Å². The highest BCUT2D eigenvalue weighted by Crippen LogP contribution is 2.29. The summed E-state index contributed by atoms with van der Waals surface area (Å²) < 4.78 is 29.4. The summed E-state index contributed by atoms with van der Waals surface area (Å²) in [6.07, 6.45) is 1.35. The molecule has 1 fully saturated rings. The minimum Gasteiger partial charge on any atom is -0.435 e. The number of rotatable bonds is 5. The zero-order valence-electron chi connectivity index (χ0n) is 14.3. The fraction of sp³-hybridized carbons (Fsp3) is 0.444. The van der Waals surface area contributed by atoms with Crippen molar-refractivity contribution in [2.24, 2.45) is 0 Å². The highest BCUT2D eigenvalue weighted by Gasteiger charge is 2.25. The second kappa shape index (κ2) is 7.21. The first kappa shape index (κ1) is 17.4. The van der Waals surface area contributed by atoms with E-state index in [1.54, 1.807) is 12.1 Å². The summed E-state index contributed by atoms with van der Waals surface area (Å²) in [5.74, 6) is 0.248. The van der Waals surface area contributed by atoms with Crippen LogP contribution in [0, 0.1) is 6.92 Å². The molecule has 1 aliphatic rings. The molecule has 1 atom stereocenters. The quantitative estimate of drug-likeness (QED) is 0.897. The van der Waals surface area contributed by atoms with Crippen molar-refractivity contribution in [1.82, 2.24) is 9.88 Å². The molecule has 1 aliphatic heterocycles. The van der Waals surface area contributed by atoms with Crippen LogP contribution in [-0.2, 0) is 4.79 Å². The highest BCUT2D eigenvalue weighted by atomic mass is 19.3. The van der Waals surface area contributed by atoms with Gasteiger partial charge in [0.2, 0.25) is 5.91 Å². The predicted octanol–water partition coefficient (Wildman–Crippen LogP) is 3.57. The molecule has 0 saturated carbocycles. The summed E-state index contributed by atoms with van der Waals surface area (Å²) in [6.45, 7) is 2.24. The van der Waals surface area contributed by atoms with Crippen molar-refractivity contribution in [2.75, 3.05) is 18.4 Å². The molecule has 1 saturated heterocycles. The number of ether oxygens (including phenoxy) is 1. The van der Waals surface area contributed by atoms with Gasteiger partial charge in [0, 0.05) is 42.3 Å². The Morgan fingerprint density at radius 3 is 2.96 bits per heavy atom. The van der Waals surface area contributed by atoms with Gasteiger partial charge < -0.3 is 15.0 Å². The molecule has 134 valence electrons. The number of hydrogen-bond donors (Lipinski definition) is 1. The molecule has 7 heteroatoms. The van der Waals surface area contributed by atoms with Crippen molar-refractivity contribution in [3.63, 3.8) is 0 Å². The van der Waals surface area contributed by atoms with Crippen molar-refractivity contribution in [3.05, 3.63) is 30.0 Å². The minimum atomic E-state index is -2.87. The van der Waals surface area contributed by atoms with E-state index in [1.807, 2.05) is 24.8 Å². The topological polar surface area (TPSA) is 54.5 Å². The van der Waals surface area contributed by atoms with Gasteiger partial charge in [-0.15, -0.1) is 0 Å². The molecule has 0 aliphatic carbocycles. The van der Waals surface area contributed by atoms with E-state index in [0.717, 1.165) is 29.7 Å². The Kier molecular flexibility index (Phi) is 5.01. The van der Waals surface area contributed by atoms with E-state index >= 15 is 0 Å². The monoisotopic (exact) mass is 349 g/mol. The molecule has 1 N–H and O–H groups in total. The maximum absolute atomic E-state index is 12.5. The molecule has 0 bridgehead atoms. The Labute approximate surface area is 145 Å². The minimum absolute atomic E-state index is 0.102. The SMILES string of the molecule is CCC(=O)N1CCC(Nc2cc(C)nc3ccc(OC(F)F)cc23)C1. The fourth-order valence-electron chi connectivity index (χ4n) is 3.18. The van der Waals surface area contributed by atoms with Crippen LogP contribution in [0.15, 0.2) is 24.3 Å². The Bertz CT molecular complexity index is 782. The third-order valence-corrected chi connectivity index (χ3v) is 4.34. The largest absolute Gasteiger partial charge is 0.435 e. The zero-order valence-corrected chi connectivity index (χ0v) is 14.3. The van der Waals surface area contributed by atoms with E-state index in [9.17, 15) is 13.6 Å². The van der Waals surface area contributed by atoms with Crippen LogP contribution >= 0.6 is 0 Å². The van der Waals surface area contributed by atoms with Gasteiger partial charge in [0.15, 0.2) is 0 Å². The first-order valence-electron chi connectivity index (χ1n) is 8.36. The molecule has 25 heavy (non-hydrogen) atoms. The summed E-state index contributed by atoms with van der Waals surface area (Å²) in [5.41, 5.74) is 2.36. The average molecular weight is 349 g/mol. The second-order valence-corrected chi connectivity index (χ2v) is 6.19. The number of carbonyl (C=O) groups excluding carboxylic acids is 1. The van der Waals surface area contributed by atoms with Crippen molar-refractivity contribution >= 4 is 22.5 Å². The Morgan fingerprint density at radius 2 is 2.24 bits per heavy atom. The van der Waals surface area contributed by atoms with Crippen LogP contribution in [0.1, 0.15) is 25.5 Å².